The van der Waals surface area contributed by atoms with Gasteiger partial charge in [0.2, 0.25) is 0 Å². The van der Waals surface area contributed by atoms with Crippen LogP contribution in [0.4, 0.5) is 17.6 Å². The zero-order chi connectivity index (χ0) is 15.1. The van der Waals surface area contributed by atoms with Crippen molar-refractivity contribution in [3.8, 4) is 5.69 Å². The van der Waals surface area contributed by atoms with Gasteiger partial charge in [0, 0.05) is 5.56 Å². The zero-order valence-electron chi connectivity index (χ0n) is 11.3. The third-order valence-electron chi connectivity index (χ3n) is 2.90. The van der Waals surface area contributed by atoms with E-state index in [4.69, 9.17) is 0 Å². The highest BCUT2D eigenvalue weighted by molar-refractivity contribution is 5.38. The number of benzene rings is 1. The molecule has 6 heteroatoms. The third kappa shape index (κ3) is 2.69. The lowest BCUT2D eigenvalue weighted by Gasteiger charge is -2.21. The number of rotatable bonds is 1. The summed E-state index contributed by atoms with van der Waals surface area (Å²) >= 11 is 0. The van der Waals surface area contributed by atoms with Gasteiger partial charge >= 0.3 is 6.18 Å². The second-order valence-electron chi connectivity index (χ2n) is 5.55. The van der Waals surface area contributed by atoms with Crippen molar-refractivity contribution in [1.82, 2.24) is 9.78 Å². The summed E-state index contributed by atoms with van der Waals surface area (Å²) in [5.74, 6) is -0.608. The maximum atomic E-state index is 13.3. The van der Waals surface area contributed by atoms with Crippen molar-refractivity contribution < 1.29 is 17.6 Å². The molecule has 1 aromatic carbocycles. The zero-order valence-corrected chi connectivity index (χ0v) is 11.3. The first-order valence-electron chi connectivity index (χ1n) is 6.02. The van der Waals surface area contributed by atoms with E-state index in [1.807, 2.05) is 0 Å². The van der Waals surface area contributed by atoms with E-state index in [1.165, 1.54) is 24.4 Å². The average Bonchev–Trinajstić information content (AvgIpc) is 2.72. The fourth-order valence-corrected chi connectivity index (χ4v) is 1.97. The topological polar surface area (TPSA) is 17.8 Å². The number of hydrogen-bond donors (Lipinski definition) is 0. The van der Waals surface area contributed by atoms with E-state index in [0.29, 0.717) is 0 Å². The summed E-state index contributed by atoms with van der Waals surface area (Å²) < 4.78 is 53.9. The van der Waals surface area contributed by atoms with Crippen molar-refractivity contribution in [2.24, 2.45) is 0 Å². The Morgan fingerprint density at radius 2 is 1.75 bits per heavy atom. The van der Waals surface area contributed by atoms with Crippen LogP contribution in [0.5, 0.6) is 0 Å². The van der Waals surface area contributed by atoms with Crippen LogP contribution < -0.4 is 0 Å². The molecule has 2 rings (SSSR count). The lowest BCUT2D eigenvalue weighted by Crippen LogP contribution is -2.21. The fraction of sp³-hybridized carbons (Fsp3) is 0.357. The van der Waals surface area contributed by atoms with Gasteiger partial charge in [-0.1, -0.05) is 26.8 Å². The number of hydrogen-bond acceptors (Lipinski definition) is 1. The Bertz CT molecular complexity index is 621. The summed E-state index contributed by atoms with van der Waals surface area (Å²) in [7, 11) is 0. The van der Waals surface area contributed by atoms with E-state index in [-0.39, 0.29) is 11.3 Å². The maximum Gasteiger partial charge on any atom is 0.433 e. The lowest BCUT2D eigenvalue weighted by atomic mass is 9.87. The highest BCUT2D eigenvalue weighted by atomic mass is 19.4. The van der Waals surface area contributed by atoms with Gasteiger partial charge in [-0.3, -0.25) is 0 Å². The molecule has 0 spiro atoms. The summed E-state index contributed by atoms with van der Waals surface area (Å²) in [6.45, 7) is 5.03. The Morgan fingerprint density at radius 3 is 2.25 bits per heavy atom. The Balaban J connectivity index is 2.70. The molecule has 1 aromatic heterocycles. The molecule has 0 N–H and O–H groups in total. The van der Waals surface area contributed by atoms with Crippen LogP contribution in [0.2, 0.25) is 0 Å². The molecule has 2 aromatic rings. The molecule has 0 fully saturated rings. The standard InChI is InChI=1S/C14H14F4N2/c1-13(2,3)11-8-19-20(12(11)14(16,17)18)10-6-4-5-9(15)7-10/h4-8H,1-3H3. The predicted octanol–water partition coefficient (Wildman–Crippen LogP) is 4.33. The minimum Gasteiger partial charge on any atom is -0.228 e. The fourth-order valence-electron chi connectivity index (χ4n) is 1.97. The molecule has 1 heterocycles. The molecule has 0 bridgehead atoms. The van der Waals surface area contributed by atoms with Crippen molar-refractivity contribution in [2.75, 3.05) is 0 Å². The van der Waals surface area contributed by atoms with E-state index in [0.717, 1.165) is 10.7 Å². The van der Waals surface area contributed by atoms with Gasteiger partial charge in [0.15, 0.2) is 5.69 Å². The van der Waals surface area contributed by atoms with E-state index in [1.54, 1.807) is 20.8 Å². The lowest BCUT2D eigenvalue weighted by molar-refractivity contribution is -0.143. The van der Waals surface area contributed by atoms with Crippen molar-refractivity contribution >= 4 is 0 Å². The highest BCUT2D eigenvalue weighted by Crippen LogP contribution is 2.38. The second kappa shape index (κ2) is 4.61. The molecule has 0 aliphatic heterocycles. The minimum absolute atomic E-state index is 0.0489. The Labute approximate surface area is 114 Å². The maximum absolute atomic E-state index is 13.3. The average molecular weight is 286 g/mol. The molecule has 0 atom stereocenters. The molecular weight excluding hydrogens is 272 g/mol. The number of nitrogens with zero attached hydrogens (tertiary/aromatic N) is 2. The van der Waals surface area contributed by atoms with Crippen LogP contribution in [0.1, 0.15) is 32.0 Å². The summed E-state index contributed by atoms with van der Waals surface area (Å²) in [5, 5.41) is 3.79. The van der Waals surface area contributed by atoms with Gasteiger partial charge in [0.1, 0.15) is 5.82 Å². The van der Waals surface area contributed by atoms with Crippen LogP contribution in [0.3, 0.4) is 0 Å². The molecule has 20 heavy (non-hydrogen) atoms. The monoisotopic (exact) mass is 286 g/mol. The van der Waals surface area contributed by atoms with Crippen molar-refractivity contribution in [1.29, 1.82) is 0 Å². The summed E-state index contributed by atoms with van der Waals surface area (Å²) in [6, 6.07) is 4.93. The molecular formula is C14H14F4N2. The summed E-state index contributed by atoms with van der Waals surface area (Å²) in [6.07, 6.45) is -3.38. The van der Waals surface area contributed by atoms with Gasteiger partial charge in [-0.2, -0.15) is 18.3 Å². The van der Waals surface area contributed by atoms with Crippen LogP contribution in [0, 0.1) is 5.82 Å². The van der Waals surface area contributed by atoms with Crippen LogP contribution in [-0.4, -0.2) is 9.78 Å². The van der Waals surface area contributed by atoms with Gasteiger partial charge in [-0.05, 0) is 23.6 Å². The molecule has 0 amide bonds. The quantitative estimate of drug-likeness (QED) is 0.714. The van der Waals surface area contributed by atoms with Gasteiger partial charge in [-0.15, -0.1) is 0 Å². The molecule has 0 saturated carbocycles. The van der Waals surface area contributed by atoms with Crippen LogP contribution in [0.15, 0.2) is 30.5 Å². The van der Waals surface area contributed by atoms with Gasteiger partial charge in [-0.25, -0.2) is 9.07 Å². The number of halogens is 4. The number of aromatic nitrogens is 2. The van der Waals surface area contributed by atoms with Crippen molar-refractivity contribution in [3.05, 3.63) is 47.5 Å². The molecule has 2 nitrogen and oxygen atoms in total. The molecule has 0 aliphatic carbocycles. The first-order chi connectivity index (χ1) is 9.10. The first-order valence-corrected chi connectivity index (χ1v) is 6.02. The van der Waals surface area contributed by atoms with E-state index >= 15 is 0 Å². The van der Waals surface area contributed by atoms with Crippen molar-refractivity contribution in [3.63, 3.8) is 0 Å². The normalized spacial score (nSPS) is 12.8. The molecule has 0 unspecified atom stereocenters. The highest BCUT2D eigenvalue weighted by Gasteiger charge is 2.41. The van der Waals surface area contributed by atoms with Crippen molar-refractivity contribution in [2.45, 2.75) is 32.4 Å². The van der Waals surface area contributed by atoms with Crippen LogP contribution in [0.25, 0.3) is 5.69 Å². The van der Waals surface area contributed by atoms with E-state index < -0.39 is 23.1 Å². The van der Waals surface area contributed by atoms with Gasteiger partial charge < -0.3 is 0 Å². The van der Waals surface area contributed by atoms with E-state index in [9.17, 15) is 17.6 Å². The Kier molecular flexibility index (Phi) is 3.36. The molecule has 0 saturated heterocycles. The Hall–Kier alpha value is -1.85. The smallest absolute Gasteiger partial charge is 0.228 e. The first kappa shape index (κ1) is 14.6. The second-order valence-corrected chi connectivity index (χ2v) is 5.55. The van der Waals surface area contributed by atoms with E-state index in [2.05, 4.69) is 5.10 Å². The molecule has 0 aliphatic rings. The SMILES string of the molecule is CC(C)(C)c1cnn(-c2cccc(F)c2)c1C(F)(F)F. The molecule has 108 valence electrons. The molecule has 0 radical (unpaired) electrons. The predicted molar refractivity (Wildman–Crippen MR) is 67.2 cm³/mol. The summed E-state index contributed by atoms with van der Waals surface area (Å²) in [5.41, 5.74) is -1.45. The largest absolute Gasteiger partial charge is 0.433 e. The number of alkyl halides is 3. The van der Waals surface area contributed by atoms with Crippen LogP contribution in [-0.2, 0) is 11.6 Å². The van der Waals surface area contributed by atoms with Gasteiger partial charge in [0.25, 0.3) is 0 Å². The van der Waals surface area contributed by atoms with Crippen LogP contribution >= 0.6 is 0 Å². The minimum atomic E-state index is -4.56. The van der Waals surface area contributed by atoms with Gasteiger partial charge in [0.05, 0.1) is 11.9 Å². The third-order valence-corrected chi connectivity index (χ3v) is 2.90. The Morgan fingerprint density at radius 1 is 1.10 bits per heavy atom. The summed E-state index contributed by atoms with van der Waals surface area (Å²) in [4.78, 5) is 0.